The molecule has 0 amide bonds. The molecule has 0 saturated heterocycles. The van der Waals surface area contributed by atoms with Gasteiger partial charge in [-0.1, -0.05) is 47.5 Å². The Morgan fingerprint density at radius 2 is 1.56 bits per heavy atom. The molecule has 3 rings (SSSR count). The summed E-state index contributed by atoms with van der Waals surface area (Å²) < 4.78 is 30.4. The first-order chi connectivity index (χ1) is 12.7. The summed E-state index contributed by atoms with van der Waals surface area (Å²) in [5, 5.41) is 4.53. The van der Waals surface area contributed by atoms with Gasteiger partial charge in [-0.15, -0.1) is 0 Å². The van der Waals surface area contributed by atoms with Crippen molar-refractivity contribution in [1.29, 1.82) is 0 Å². The molecule has 142 valence electrons. The highest BCUT2D eigenvalue weighted by Crippen LogP contribution is 2.25. The lowest BCUT2D eigenvalue weighted by Gasteiger charge is -2.12. The number of nitrogens with zero attached hydrogens (tertiary/aromatic N) is 2. The van der Waals surface area contributed by atoms with Gasteiger partial charge >= 0.3 is 0 Å². The molecule has 1 heterocycles. The molecule has 1 aromatic heterocycles. The van der Waals surface area contributed by atoms with E-state index >= 15 is 0 Å². The Balaban J connectivity index is 1.91. The summed E-state index contributed by atoms with van der Waals surface area (Å²) in [7, 11) is -3.67. The zero-order valence-corrected chi connectivity index (χ0v) is 17.2. The van der Waals surface area contributed by atoms with Gasteiger partial charge in [0.2, 0.25) is 0 Å². The number of aryl methyl sites for hydroxylation is 4. The van der Waals surface area contributed by atoms with Crippen molar-refractivity contribution in [1.82, 2.24) is 9.78 Å². The van der Waals surface area contributed by atoms with Crippen LogP contribution in [0.15, 0.2) is 47.4 Å². The van der Waals surface area contributed by atoms with E-state index in [4.69, 9.17) is 0 Å². The highest BCUT2D eigenvalue weighted by atomic mass is 32.2. The molecule has 2 aromatic carbocycles. The maximum Gasteiger partial charge on any atom is 0.262 e. The minimum Gasteiger partial charge on any atom is -0.276 e. The summed E-state index contributed by atoms with van der Waals surface area (Å²) in [4.78, 5) is 0.290. The molecule has 6 heteroatoms. The Morgan fingerprint density at radius 1 is 0.926 bits per heavy atom. The van der Waals surface area contributed by atoms with Gasteiger partial charge < -0.3 is 0 Å². The number of hydrogen-bond acceptors (Lipinski definition) is 3. The number of rotatable bonds is 5. The van der Waals surface area contributed by atoms with Crippen LogP contribution in [0.1, 0.15) is 33.6 Å². The predicted molar refractivity (Wildman–Crippen MR) is 109 cm³/mol. The molecule has 5 nitrogen and oxygen atoms in total. The van der Waals surface area contributed by atoms with Gasteiger partial charge in [0.05, 0.1) is 28.5 Å². The lowest BCUT2D eigenvalue weighted by Crippen LogP contribution is -2.15. The first kappa shape index (κ1) is 19.2. The Hall–Kier alpha value is -2.60. The molecule has 0 atom stereocenters. The van der Waals surface area contributed by atoms with Crippen LogP contribution >= 0.6 is 0 Å². The third-order valence-electron chi connectivity index (χ3n) is 4.69. The summed E-state index contributed by atoms with van der Waals surface area (Å²) in [5.41, 5.74) is 6.08. The molecule has 0 radical (unpaired) electrons. The van der Waals surface area contributed by atoms with Gasteiger partial charge in [-0.05, 0) is 51.8 Å². The maximum atomic E-state index is 12.9. The van der Waals surface area contributed by atoms with Gasteiger partial charge in [0, 0.05) is 0 Å². The smallest absolute Gasteiger partial charge is 0.262 e. The zero-order chi connectivity index (χ0) is 19.8. The molecule has 0 saturated carbocycles. The molecular weight excluding hydrogens is 358 g/mol. The Kier molecular flexibility index (Phi) is 5.11. The van der Waals surface area contributed by atoms with Gasteiger partial charge in [-0.2, -0.15) is 5.10 Å². The van der Waals surface area contributed by atoms with Gasteiger partial charge in [-0.25, -0.2) is 8.42 Å². The fourth-order valence-corrected chi connectivity index (χ4v) is 4.56. The molecule has 0 fully saturated rings. The van der Waals surface area contributed by atoms with Crippen LogP contribution in [0, 0.1) is 34.6 Å². The fraction of sp³-hybridized carbons (Fsp3) is 0.286. The summed E-state index contributed by atoms with van der Waals surface area (Å²) in [5.74, 6) is 0. The lowest BCUT2D eigenvalue weighted by molar-refractivity contribution is 0.600. The van der Waals surface area contributed by atoms with Gasteiger partial charge in [-0.3, -0.25) is 9.40 Å². The van der Waals surface area contributed by atoms with Crippen molar-refractivity contribution >= 4 is 15.7 Å². The first-order valence-corrected chi connectivity index (χ1v) is 10.4. The van der Waals surface area contributed by atoms with Crippen LogP contribution in [0.5, 0.6) is 0 Å². The molecule has 0 bridgehead atoms. The quantitative estimate of drug-likeness (QED) is 0.715. The Bertz CT molecular complexity index is 1080. The number of hydrogen-bond donors (Lipinski definition) is 1. The van der Waals surface area contributed by atoms with Crippen molar-refractivity contribution in [2.75, 3.05) is 4.72 Å². The molecule has 0 aliphatic carbocycles. The SMILES string of the molecule is Cc1ccc(Cn2nc(C)c(NS(=O)(=O)c3ccc(C)cc3C)c2C)cc1. The number of anilines is 1. The standard InChI is InChI=1S/C21H25N3O2S/c1-14-6-9-19(10-7-14)13-24-18(5)21(17(4)22-24)23-27(25,26)20-11-8-15(2)12-16(20)3/h6-12,23H,13H2,1-5H3. The normalized spacial score (nSPS) is 11.6. The molecule has 0 aliphatic rings. The Labute approximate surface area is 161 Å². The van der Waals surface area contributed by atoms with Crippen LogP contribution in [-0.2, 0) is 16.6 Å². The second-order valence-corrected chi connectivity index (χ2v) is 8.71. The van der Waals surface area contributed by atoms with Crippen molar-refractivity contribution in [3.8, 4) is 0 Å². The van der Waals surface area contributed by atoms with E-state index in [9.17, 15) is 8.42 Å². The average molecular weight is 384 g/mol. The number of aromatic nitrogens is 2. The van der Waals surface area contributed by atoms with E-state index in [1.54, 1.807) is 6.07 Å². The van der Waals surface area contributed by atoms with Crippen molar-refractivity contribution in [3.63, 3.8) is 0 Å². The molecule has 1 N–H and O–H groups in total. The van der Waals surface area contributed by atoms with Crippen molar-refractivity contribution in [2.24, 2.45) is 0 Å². The van der Waals surface area contributed by atoms with E-state index in [0.717, 1.165) is 22.4 Å². The van der Waals surface area contributed by atoms with Gasteiger partial charge in [0.15, 0.2) is 0 Å². The number of nitrogens with one attached hydrogen (secondary N) is 1. The highest BCUT2D eigenvalue weighted by molar-refractivity contribution is 7.92. The third kappa shape index (κ3) is 4.06. The molecular formula is C21H25N3O2S. The van der Waals surface area contributed by atoms with Gasteiger partial charge in [0.25, 0.3) is 10.0 Å². The molecule has 3 aromatic rings. The third-order valence-corrected chi connectivity index (χ3v) is 6.20. The van der Waals surface area contributed by atoms with E-state index < -0.39 is 10.0 Å². The number of benzene rings is 2. The highest BCUT2D eigenvalue weighted by Gasteiger charge is 2.21. The van der Waals surface area contributed by atoms with E-state index in [-0.39, 0.29) is 4.90 Å². The van der Waals surface area contributed by atoms with Crippen LogP contribution in [0.4, 0.5) is 5.69 Å². The first-order valence-electron chi connectivity index (χ1n) is 8.87. The topological polar surface area (TPSA) is 64.0 Å². The second kappa shape index (κ2) is 7.19. The monoisotopic (exact) mass is 383 g/mol. The second-order valence-electron chi connectivity index (χ2n) is 7.06. The maximum absolute atomic E-state index is 12.9. The molecule has 0 aliphatic heterocycles. The largest absolute Gasteiger partial charge is 0.276 e. The van der Waals surface area contributed by atoms with E-state index in [0.29, 0.717) is 17.9 Å². The van der Waals surface area contributed by atoms with Crippen molar-refractivity contribution in [2.45, 2.75) is 46.1 Å². The zero-order valence-electron chi connectivity index (χ0n) is 16.4. The lowest BCUT2D eigenvalue weighted by atomic mass is 10.1. The summed E-state index contributed by atoms with van der Waals surface area (Å²) in [6, 6.07) is 13.6. The minimum absolute atomic E-state index is 0.290. The van der Waals surface area contributed by atoms with E-state index in [1.165, 1.54) is 5.56 Å². The summed E-state index contributed by atoms with van der Waals surface area (Å²) in [6.45, 7) is 10.1. The van der Waals surface area contributed by atoms with E-state index in [1.807, 2.05) is 51.4 Å². The summed E-state index contributed by atoms with van der Waals surface area (Å²) >= 11 is 0. The Morgan fingerprint density at radius 3 is 2.19 bits per heavy atom. The van der Waals surface area contributed by atoms with E-state index in [2.05, 4.69) is 34.1 Å². The van der Waals surface area contributed by atoms with Crippen LogP contribution in [-0.4, -0.2) is 18.2 Å². The number of sulfonamides is 1. The average Bonchev–Trinajstić information content (AvgIpc) is 2.84. The molecule has 27 heavy (non-hydrogen) atoms. The van der Waals surface area contributed by atoms with Crippen LogP contribution in [0.25, 0.3) is 0 Å². The van der Waals surface area contributed by atoms with Crippen LogP contribution in [0.2, 0.25) is 0 Å². The van der Waals surface area contributed by atoms with Crippen molar-refractivity contribution in [3.05, 3.63) is 76.1 Å². The molecule has 0 unspecified atom stereocenters. The fourth-order valence-electron chi connectivity index (χ4n) is 3.16. The minimum atomic E-state index is -3.67. The van der Waals surface area contributed by atoms with Gasteiger partial charge in [0.1, 0.15) is 0 Å². The van der Waals surface area contributed by atoms with Crippen molar-refractivity contribution < 1.29 is 8.42 Å². The molecule has 0 spiro atoms. The van der Waals surface area contributed by atoms with Crippen LogP contribution < -0.4 is 4.72 Å². The summed E-state index contributed by atoms with van der Waals surface area (Å²) in [6.07, 6.45) is 0. The predicted octanol–water partition coefficient (Wildman–Crippen LogP) is 4.27. The van der Waals surface area contributed by atoms with Crippen LogP contribution in [0.3, 0.4) is 0 Å².